The SMILES string of the molecule is CCc1ccc(COc2ccc(C)cc2C=CC(=O)O)s1. The Labute approximate surface area is 128 Å². The zero-order valence-corrected chi connectivity index (χ0v) is 12.9. The smallest absolute Gasteiger partial charge is 0.328 e. The second-order valence-corrected chi connectivity index (χ2v) is 5.98. The van der Waals surface area contributed by atoms with Crippen molar-refractivity contribution >= 4 is 23.4 Å². The molecule has 2 rings (SSSR count). The lowest BCUT2D eigenvalue weighted by atomic mass is 10.1. The Morgan fingerprint density at radius 1 is 1.29 bits per heavy atom. The van der Waals surface area contributed by atoms with Gasteiger partial charge in [0.25, 0.3) is 0 Å². The standard InChI is InChI=1S/C17H18O3S/c1-3-14-6-7-15(21-14)11-20-16-8-4-12(2)10-13(16)5-9-17(18)19/h4-10H,3,11H2,1-2H3,(H,18,19). The Morgan fingerprint density at radius 2 is 2.05 bits per heavy atom. The van der Waals surface area contributed by atoms with E-state index in [1.807, 2.05) is 25.1 Å². The van der Waals surface area contributed by atoms with Crippen molar-refractivity contribution in [3.63, 3.8) is 0 Å². The van der Waals surface area contributed by atoms with Crippen molar-refractivity contribution in [2.24, 2.45) is 0 Å². The fourth-order valence-corrected chi connectivity index (χ4v) is 2.80. The summed E-state index contributed by atoms with van der Waals surface area (Å²) in [4.78, 5) is 13.2. The highest BCUT2D eigenvalue weighted by Crippen LogP contribution is 2.24. The van der Waals surface area contributed by atoms with Crippen LogP contribution in [-0.4, -0.2) is 11.1 Å². The maximum absolute atomic E-state index is 10.7. The van der Waals surface area contributed by atoms with E-state index >= 15 is 0 Å². The molecule has 0 radical (unpaired) electrons. The van der Waals surface area contributed by atoms with Crippen molar-refractivity contribution in [3.8, 4) is 5.75 Å². The van der Waals surface area contributed by atoms with Gasteiger partial charge in [-0.2, -0.15) is 0 Å². The Bertz CT molecular complexity index is 656. The molecule has 0 aliphatic rings. The first-order valence-corrected chi connectivity index (χ1v) is 7.62. The molecule has 0 spiro atoms. The summed E-state index contributed by atoms with van der Waals surface area (Å²) < 4.78 is 5.83. The van der Waals surface area contributed by atoms with Gasteiger partial charge < -0.3 is 9.84 Å². The lowest BCUT2D eigenvalue weighted by Gasteiger charge is -2.09. The van der Waals surface area contributed by atoms with E-state index in [1.54, 1.807) is 17.4 Å². The van der Waals surface area contributed by atoms with E-state index in [4.69, 9.17) is 9.84 Å². The molecule has 0 saturated carbocycles. The molecule has 0 saturated heterocycles. The van der Waals surface area contributed by atoms with Crippen molar-refractivity contribution < 1.29 is 14.6 Å². The zero-order chi connectivity index (χ0) is 15.2. The highest BCUT2D eigenvalue weighted by Gasteiger charge is 2.04. The molecule has 2 aromatic rings. The molecule has 0 amide bonds. The van der Waals surface area contributed by atoms with Gasteiger partial charge in [0, 0.05) is 21.4 Å². The highest BCUT2D eigenvalue weighted by atomic mass is 32.1. The van der Waals surface area contributed by atoms with Crippen LogP contribution in [0.2, 0.25) is 0 Å². The van der Waals surface area contributed by atoms with E-state index in [1.165, 1.54) is 9.75 Å². The molecule has 0 unspecified atom stereocenters. The lowest BCUT2D eigenvalue weighted by molar-refractivity contribution is -0.131. The summed E-state index contributed by atoms with van der Waals surface area (Å²) >= 11 is 1.74. The maximum atomic E-state index is 10.7. The number of carbonyl (C=O) groups is 1. The Morgan fingerprint density at radius 3 is 2.71 bits per heavy atom. The number of thiophene rings is 1. The molecule has 0 aliphatic carbocycles. The Balaban J connectivity index is 2.13. The van der Waals surface area contributed by atoms with Gasteiger partial charge in [-0.3, -0.25) is 0 Å². The first-order chi connectivity index (χ1) is 10.1. The van der Waals surface area contributed by atoms with Crippen LogP contribution in [-0.2, 0) is 17.8 Å². The predicted molar refractivity (Wildman–Crippen MR) is 85.9 cm³/mol. The summed E-state index contributed by atoms with van der Waals surface area (Å²) in [6.07, 6.45) is 3.72. The first-order valence-electron chi connectivity index (χ1n) is 6.80. The molecular weight excluding hydrogens is 284 g/mol. The van der Waals surface area contributed by atoms with Crippen molar-refractivity contribution in [2.45, 2.75) is 26.9 Å². The molecule has 1 aromatic carbocycles. The van der Waals surface area contributed by atoms with E-state index in [9.17, 15) is 4.79 Å². The van der Waals surface area contributed by atoms with E-state index < -0.39 is 5.97 Å². The number of hydrogen-bond donors (Lipinski definition) is 1. The minimum absolute atomic E-state index is 0.502. The van der Waals surface area contributed by atoms with Crippen molar-refractivity contribution in [3.05, 3.63) is 57.3 Å². The molecule has 3 nitrogen and oxygen atoms in total. The maximum Gasteiger partial charge on any atom is 0.328 e. The number of ether oxygens (including phenoxy) is 1. The number of rotatable bonds is 6. The minimum atomic E-state index is -0.965. The van der Waals surface area contributed by atoms with E-state index in [0.717, 1.165) is 23.6 Å². The third-order valence-corrected chi connectivity index (χ3v) is 4.21. The second kappa shape index (κ2) is 7.09. The van der Waals surface area contributed by atoms with Crippen LogP contribution < -0.4 is 4.74 Å². The first kappa shape index (κ1) is 15.3. The third-order valence-electron chi connectivity index (χ3n) is 3.01. The average Bonchev–Trinajstić information content (AvgIpc) is 2.92. The van der Waals surface area contributed by atoms with Crippen LogP contribution in [0.5, 0.6) is 5.75 Å². The number of hydrogen-bond acceptors (Lipinski definition) is 3. The second-order valence-electron chi connectivity index (χ2n) is 4.72. The number of aryl methyl sites for hydroxylation is 2. The minimum Gasteiger partial charge on any atom is -0.487 e. The van der Waals surface area contributed by atoms with Gasteiger partial charge in [-0.05, 0) is 43.7 Å². The van der Waals surface area contributed by atoms with Crippen LogP contribution in [0, 0.1) is 6.92 Å². The summed E-state index contributed by atoms with van der Waals surface area (Å²) in [5.41, 5.74) is 1.85. The van der Waals surface area contributed by atoms with Gasteiger partial charge in [0.05, 0.1) is 0 Å². The van der Waals surface area contributed by atoms with Crippen molar-refractivity contribution in [1.82, 2.24) is 0 Å². The number of carboxylic acids is 1. The topological polar surface area (TPSA) is 46.5 Å². The molecule has 1 aromatic heterocycles. The molecule has 0 aliphatic heterocycles. The van der Waals surface area contributed by atoms with Crippen LogP contribution in [0.3, 0.4) is 0 Å². The number of aliphatic carboxylic acids is 1. The van der Waals surface area contributed by atoms with Gasteiger partial charge >= 0.3 is 5.97 Å². The number of benzene rings is 1. The van der Waals surface area contributed by atoms with Gasteiger partial charge in [0.2, 0.25) is 0 Å². The summed E-state index contributed by atoms with van der Waals surface area (Å²) in [6.45, 7) is 4.60. The Kier molecular flexibility index (Phi) is 5.17. The van der Waals surface area contributed by atoms with E-state index in [0.29, 0.717) is 12.4 Å². The van der Waals surface area contributed by atoms with Gasteiger partial charge in [-0.15, -0.1) is 11.3 Å². The summed E-state index contributed by atoms with van der Waals surface area (Å²) in [7, 11) is 0. The van der Waals surface area contributed by atoms with Crippen LogP contribution >= 0.6 is 11.3 Å². The molecule has 21 heavy (non-hydrogen) atoms. The fourth-order valence-electron chi connectivity index (χ4n) is 1.93. The van der Waals surface area contributed by atoms with Gasteiger partial charge in [-0.25, -0.2) is 4.79 Å². The summed E-state index contributed by atoms with van der Waals surface area (Å²) in [5.74, 6) is -0.266. The molecule has 4 heteroatoms. The van der Waals surface area contributed by atoms with Crippen molar-refractivity contribution in [1.29, 1.82) is 0 Å². The monoisotopic (exact) mass is 302 g/mol. The van der Waals surface area contributed by atoms with Gasteiger partial charge in [-0.1, -0.05) is 18.6 Å². The normalized spacial score (nSPS) is 11.0. The molecule has 110 valence electrons. The van der Waals surface area contributed by atoms with Crippen LogP contribution in [0.1, 0.15) is 27.8 Å². The molecule has 0 bridgehead atoms. The highest BCUT2D eigenvalue weighted by molar-refractivity contribution is 7.11. The summed E-state index contributed by atoms with van der Waals surface area (Å²) in [6, 6.07) is 9.94. The van der Waals surface area contributed by atoms with Crippen LogP contribution in [0.15, 0.2) is 36.4 Å². The van der Waals surface area contributed by atoms with Crippen molar-refractivity contribution in [2.75, 3.05) is 0 Å². The van der Waals surface area contributed by atoms with Gasteiger partial charge in [0.1, 0.15) is 12.4 Å². The molecule has 1 heterocycles. The zero-order valence-electron chi connectivity index (χ0n) is 12.1. The van der Waals surface area contributed by atoms with E-state index in [-0.39, 0.29) is 0 Å². The number of carboxylic acid groups (broad SMARTS) is 1. The molecule has 0 atom stereocenters. The Hall–Kier alpha value is -2.07. The lowest BCUT2D eigenvalue weighted by Crippen LogP contribution is -1.96. The predicted octanol–water partition coefficient (Wildman–Crippen LogP) is 4.30. The van der Waals surface area contributed by atoms with Crippen LogP contribution in [0.4, 0.5) is 0 Å². The third kappa shape index (κ3) is 4.46. The van der Waals surface area contributed by atoms with Crippen LogP contribution in [0.25, 0.3) is 6.08 Å². The summed E-state index contributed by atoms with van der Waals surface area (Å²) in [5, 5.41) is 8.75. The van der Waals surface area contributed by atoms with E-state index in [2.05, 4.69) is 19.1 Å². The quantitative estimate of drug-likeness (QED) is 0.809. The average molecular weight is 302 g/mol. The fraction of sp³-hybridized carbons (Fsp3) is 0.235. The largest absolute Gasteiger partial charge is 0.487 e. The molecular formula is C17H18O3S. The molecule has 1 N–H and O–H groups in total. The molecule has 0 fully saturated rings. The van der Waals surface area contributed by atoms with Gasteiger partial charge in [0.15, 0.2) is 0 Å².